The Hall–Kier alpha value is -3.15. The fourth-order valence-corrected chi connectivity index (χ4v) is 9.70. The van der Waals surface area contributed by atoms with E-state index in [2.05, 4.69) is 93.7 Å². The zero-order valence-corrected chi connectivity index (χ0v) is 51.2. The second-order valence-corrected chi connectivity index (χ2v) is 22.4. The summed E-state index contributed by atoms with van der Waals surface area (Å²) in [5.41, 5.74) is 0. The number of allylic oxidation sites excluding steroid dienone is 12. The minimum atomic E-state index is -0.792. The molecule has 6 nitrogen and oxygen atoms in total. The highest BCUT2D eigenvalue weighted by Gasteiger charge is 2.19. The van der Waals surface area contributed by atoms with Gasteiger partial charge in [-0.25, -0.2) is 0 Å². The number of esters is 3. The Morgan fingerprint density at radius 3 is 0.818 bits per heavy atom. The highest BCUT2D eigenvalue weighted by Crippen LogP contribution is 2.18. The molecule has 0 radical (unpaired) electrons. The highest BCUT2D eigenvalue weighted by atomic mass is 16.6. The van der Waals surface area contributed by atoms with Gasteiger partial charge < -0.3 is 14.2 Å². The SMILES string of the molecule is CC/C=C\C/C=C\C/C=C\C/C=C\CCCCCCC(=O)OC(COC(=O)CCCCCCCCC/C=C\C/C=C\CCCCC)COC(=O)CCCCCCCCCCCCCCCCCCCCCCCCCCC. The molecule has 1 unspecified atom stereocenters. The first-order chi connectivity index (χ1) is 38.0. The fraction of sp³-hybridized carbons (Fsp3) is 0.789. The van der Waals surface area contributed by atoms with Gasteiger partial charge in [0.25, 0.3) is 0 Å². The summed E-state index contributed by atoms with van der Waals surface area (Å²) in [5, 5.41) is 0. The third-order valence-corrected chi connectivity index (χ3v) is 14.7. The van der Waals surface area contributed by atoms with Crippen LogP contribution in [0, 0.1) is 0 Å². The highest BCUT2D eigenvalue weighted by molar-refractivity contribution is 5.71. The minimum absolute atomic E-state index is 0.0852. The van der Waals surface area contributed by atoms with E-state index in [9.17, 15) is 14.4 Å². The van der Waals surface area contributed by atoms with Crippen LogP contribution in [-0.4, -0.2) is 37.2 Å². The summed E-state index contributed by atoms with van der Waals surface area (Å²) in [4.78, 5) is 38.4. The maximum absolute atomic E-state index is 12.9. The summed E-state index contributed by atoms with van der Waals surface area (Å²) in [6.45, 7) is 6.53. The average molecular weight is 1080 g/mol. The van der Waals surface area contributed by atoms with Crippen molar-refractivity contribution in [1.29, 1.82) is 0 Å². The molecular formula is C71H126O6. The Labute approximate surface area is 478 Å². The van der Waals surface area contributed by atoms with Crippen LogP contribution in [0.2, 0.25) is 0 Å². The lowest BCUT2D eigenvalue weighted by atomic mass is 10.0. The predicted molar refractivity (Wildman–Crippen MR) is 335 cm³/mol. The van der Waals surface area contributed by atoms with E-state index >= 15 is 0 Å². The van der Waals surface area contributed by atoms with Crippen molar-refractivity contribution in [1.82, 2.24) is 0 Å². The van der Waals surface area contributed by atoms with Crippen molar-refractivity contribution in [3.63, 3.8) is 0 Å². The number of hydrogen-bond acceptors (Lipinski definition) is 6. The van der Waals surface area contributed by atoms with Gasteiger partial charge in [0.2, 0.25) is 0 Å². The van der Waals surface area contributed by atoms with E-state index in [1.165, 1.54) is 193 Å². The van der Waals surface area contributed by atoms with Gasteiger partial charge in [-0.1, -0.05) is 306 Å². The van der Waals surface area contributed by atoms with E-state index in [-0.39, 0.29) is 31.1 Å². The Morgan fingerprint density at radius 2 is 0.506 bits per heavy atom. The van der Waals surface area contributed by atoms with Crippen LogP contribution in [0.3, 0.4) is 0 Å². The number of hydrogen-bond donors (Lipinski definition) is 0. The molecule has 0 saturated carbocycles. The molecule has 0 aromatic heterocycles. The molecule has 0 aromatic carbocycles. The number of rotatable bonds is 61. The molecule has 77 heavy (non-hydrogen) atoms. The summed E-state index contributed by atoms with van der Waals surface area (Å²) >= 11 is 0. The lowest BCUT2D eigenvalue weighted by Gasteiger charge is -2.18. The molecule has 0 aliphatic heterocycles. The minimum Gasteiger partial charge on any atom is -0.462 e. The number of carbonyl (C=O) groups excluding carboxylic acids is 3. The smallest absolute Gasteiger partial charge is 0.306 e. The van der Waals surface area contributed by atoms with E-state index in [4.69, 9.17) is 14.2 Å². The molecule has 0 fully saturated rings. The van der Waals surface area contributed by atoms with Crippen molar-refractivity contribution in [2.24, 2.45) is 0 Å². The molecule has 0 bridgehead atoms. The molecule has 1 atom stereocenters. The summed E-state index contributed by atoms with van der Waals surface area (Å²) in [7, 11) is 0. The van der Waals surface area contributed by atoms with Crippen LogP contribution in [0.15, 0.2) is 72.9 Å². The topological polar surface area (TPSA) is 78.9 Å². The second kappa shape index (κ2) is 65.4. The summed E-state index contributed by atoms with van der Waals surface area (Å²) in [6, 6.07) is 0. The van der Waals surface area contributed by atoms with Gasteiger partial charge in [-0.15, -0.1) is 0 Å². The summed E-state index contributed by atoms with van der Waals surface area (Å²) < 4.78 is 16.9. The first-order valence-corrected chi connectivity index (χ1v) is 33.4. The van der Waals surface area contributed by atoms with Gasteiger partial charge >= 0.3 is 17.9 Å². The van der Waals surface area contributed by atoms with Gasteiger partial charge in [-0.05, 0) is 89.9 Å². The van der Waals surface area contributed by atoms with Crippen LogP contribution >= 0.6 is 0 Å². The van der Waals surface area contributed by atoms with E-state index in [1.54, 1.807) is 0 Å². The van der Waals surface area contributed by atoms with Gasteiger partial charge in [-0.2, -0.15) is 0 Å². The molecule has 0 amide bonds. The van der Waals surface area contributed by atoms with Gasteiger partial charge in [0.05, 0.1) is 0 Å². The van der Waals surface area contributed by atoms with Crippen molar-refractivity contribution < 1.29 is 28.6 Å². The maximum Gasteiger partial charge on any atom is 0.306 e. The van der Waals surface area contributed by atoms with Gasteiger partial charge in [0, 0.05) is 19.3 Å². The lowest BCUT2D eigenvalue weighted by Crippen LogP contribution is -2.30. The van der Waals surface area contributed by atoms with Gasteiger partial charge in [-0.3, -0.25) is 14.4 Å². The lowest BCUT2D eigenvalue weighted by molar-refractivity contribution is -0.167. The van der Waals surface area contributed by atoms with Crippen molar-refractivity contribution in [3.8, 4) is 0 Å². The van der Waals surface area contributed by atoms with Crippen molar-refractivity contribution >= 4 is 17.9 Å². The van der Waals surface area contributed by atoms with Crippen LogP contribution in [0.5, 0.6) is 0 Å². The number of carbonyl (C=O) groups is 3. The van der Waals surface area contributed by atoms with Crippen molar-refractivity contribution in [2.45, 2.75) is 348 Å². The summed E-state index contributed by atoms with van der Waals surface area (Å²) in [6.07, 6.45) is 84.9. The first kappa shape index (κ1) is 73.8. The van der Waals surface area contributed by atoms with E-state index in [0.29, 0.717) is 19.3 Å². The van der Waals surface area contributed by atoms with E-state index < -0.39 is 6.10 Å². The van der Waals surface area contributed by atoms with Crippen LogP contribution in [0.25, 0.3) is 0 Å². The van der Waals surface area contributed by atoms with Crippen LogP contribution in [0.1, 0.15) is 342 Å². The number of unbranched alkanes of at least 4 members (excludes halogenated alkanes) is 38. The molecule has 446 valence electrons. The number of ether oxygens (including phenoxy) is 3. The Kier molecular flexibility index (Phi) is 62.7. The normalized spacial score (nSPS) is 12.5. The Balaban J connectivity index is 4.32. The molecule has 0 rings (SSSR count). The van der Waals surface area contributed by atoms with Crippen LogP contribution < -0.4 is 0 Å². The Morgan fingerprint density at radius 1 is 0.273 bits per heavy atom. The van der Waals surface area contributed by atoms with Gasteiger partial charge in [0.1, 0.15) is 13.2 Å². The zero-order chi connectivity index (χ0) is 55.7. The molecule has 0 N–H and O–H groups in total. The molecule has 0 aliphatic carbocycles. The summed E-state index contributed by atoms with van der Waals surface area (Å²) in [5.74, 6) is -0.900. The average Bonchev–Trinajstić information content (AvgIpc) is 3.43. The molecule has 0 aromatic rings. The van der Waals surface area contributed by atoms with E-state index in [1.807, 2.05) is 0 Å². The molecular weight excluding hydrogens is 949 g/mol. The standard InChI is InChI=1S/C71H126O6/c1-4-7-10-13-16-19-22-25-28-31-32-33-34-35-36-37-38-41-43-46-49-52-55-58-61-64-70(73)76-67-68(77-71(74)65-62-59-56-53-50-47-44-40-30-27-24-21-18-15-12-9-6-3)66-75-69(72)63-60-57-54-51-48-45-42-39-29-26-23-20-17-14-11-8-5-2/h9,12,17-18,20-21,26-27,29-30,44,47,68H,4-8,10-11,13-16,19,22-25,28,31-43,45-46,48-67H2,1-3H3/b12-9-,20-17-,21-18-,29-26-,30-27-,47-44-. The monoisotopic (exact) mass is 1070 g/mol. The first-order valence-electron chi connectivity index (χ1n) is 33.4. The van der Waals surface area contributed by atoms with Crippen LogP contribution in [0.4, 0.5) is 0 Å². The molecule has 0 spiro atoms. The second-order valence-electron chi connectivity index (χ2n) is 22.4. The third-order valence-electron chi connectivity index (χ3n) is 14.7. The Bertz CT molecular complexity index is 1420. The quantitative estimate of drug-likeness (QED) is 0.0261. The van der Waals surface area contributed by atoms with Gasteiger partial charge in [0.15, 0.2) is 6.10 Å². The molecule has 0 heterocycles. The van der Waals surface area contributed by atoms with Crippen molar-refractivity contribution in [2.75, 3.05) is 13.2 Å². The maximum atomic E-state index is 12.9. The van der Waals surface area contributed by atoms with Crippen molar-refractivity contribution in [3.05, 3.63) is 72.9 Å². The third kappa shape index (κ3) is 63.6. The van der Waals surface area contributed by atoms with Crippen LogP contribution in [-0.2, 0) is 28.6 Å². The molecule has 0 saturated heterocycles. The molecule has 6 heteroatoms. The molecule has 0 aliphatic rings. The predicted octanol–water partition coefficient (Wildman–Crippen LogP) is 22.9. The van der Waals surface area contributed by atoms with E-state index in [0.717, 1.165) is 109 Å². The zero-order valence-electron chi connectivity index (χ0n) is 51.2. The largest absolute Gasteiger partial charge is 0.462 e. The fourth-order valence-electron chi connectivity index (χ4n) is 9.70.